The lowest BCUT2D eigenvalue weighted by Crippen LogP contribution is -2.31. The third kappa shape index (κ3) is 3.17. The van der Waals surface area contributed by atoms with Gasteiger partial charge >= 0.3 is 0 Å². The Morgan fingerprint density at radius 1 is 1.12 bits per heavy atom. The summed E-state index contributed by atoms with van der Waals surface area (Å²) in [6, 6.07) is 12.5. The van der Waals surface area contributed by atoms with Crippen molar-refractivity contribution in [2.75, 3.05) is 0 Å². The quantitative estimate of drug-likeness (QED) is 0.799. The molecule has 0 aliphatic rings. The van der Waals surface area contributed by atoms with Crippen LogP contribution in [0.25, 0.3) is 0 Å². The molecule has 1 heterocycles. The Morgan fingerprint density at radius 2 is 1.83 bits per heavy atom. The zero-order chi connectivity index (χ0) is 17.1. The summed E-state index contributed by atoms with van der Waals surface area (Å²) in [5.74, 6) is -0.227. The molecule has 0 bridgehead atoms. The average molecular weight is 325 g/mol. The summed E-state index contributed by atoms with van der Waals surface area (Å²) in [6.45, 7) is 3.48. The zero-order valence-corrected chi connectivity index (χ0v) is 13.3. The Hall–Kier alpha value is -3.02. The maximum absolute atomic E-state index is 14.2. The van der Waals surface area contributed by atoms with Gasteiger partial charge in [-0.3, -0.25) is 4.79 Å². The smallest absolute Gasteiger partial charge is 0.252 e. The van der Waals surface area contributed by atoms with Crippen LogP contribution in [0.5, 0.6) is 0 Å². The largest absolute Gasteiger partial charge is 0.340 e. The molecule has 0 radical (unpaired) electrons. The fourth-order valence-electron chi connectivity index (χ4n) is 2.46. The molecule has 1 atom stereocenters. The fourth-order valence-corrected chi connectivity index (χ4v) is 2.46. The summed E-state index contributed by atoms with van der Waals surface area (Å²) in [6.07, 6.45) is 0. The van der Waals surface area contributed by atoms with Gasteiger partial charge in [-0.05, 0) is 24.6 Å². The van der Waals surface area contributed by atoms with E-state index in [1.807, 2.05) is 19.1 Å². The summed E-state index contributed by atoms with van der Waals surface area (Å²) < 4.78 is 19.2. The molecule has 0 aliphatic heterocycles. The van der Waals surface area contributed by atoms with Gasteiger partial charge in [0.1, 0.15) is 11.9 Å². The molecule has 5 nitrogen and oxygen atoms in total. The number of nitrogens with zero attached hydrogens (tertiary/aromatic N) is 2. The molecule has 0 saturated carbocycles. The minimum atomic E-state index is -0.837. The topological polar surface area (TPSA) is 68.0 Å². The molecule has 1 N–H and O–H groups in total. The molecule has 0 spiro atoms. The average Bonchev–Trinajstić information content (AvgIpc) is 3.00. The van der Waals surface area contributed by atoms with Crippen molar-refractivity contribution >= 4 is 5.91 Å². The second-order valence-electron chi connectivity index (χ2n) is 5.41. The Labute approximate surface area is 138 Å². The third-order valence-electron chi connectivity index (χ3n) is 3.68. The van der Waals surface area contributed by atoms with Gasteiger partial charge in [0.2, 0.25) is 5.89 Å². The van der Waals surface area contributed by atoms with Crippen LogP contribution in [0.15, 0.2) is 53.1 Å². The molecule has 0 fully saturated rings. The summed E-state index contributed by atoms with van der Waals surface area (Å²) in [5.41, 5.74) is 1.62. The van der Waals surface area contributed by atoms with Crippen molar-refractivity contribution in [1.29, 1.82) is 0 Å². The number of aryl methyl sites for hydroxylation is 2. The molecule has 0 unspecified atom stereocenters. The molecule has 0 saturated heterocycles. The van der Waals surface area contributed by atoms with Crippen LogP contribution in [0.4, 0.5) is 4.39 Å². The van der Waals surface area contributed by atoms with Gasteiger partial charge in [-0.25, -0.2) is 4.39 Å². The molecule has 0 aliphatic carbocycles. The number of rotatable bonds is 4. The van der Waals surface area contributed by atoms with Crippen LogP contribution < -0.4 is 5.32 Å². The van der Waals surface area contributed by atoms with Crippen LogP contribution in [-0.4, -0.2) is 16.0 Å². The van der Waals surface area contributed by atoms with Gasteiger partial charge in [0.25, 0.3) is 5.91 Å². The van der Waals surface area contributed by atoms with E-state index >= 15 is 0 Å². The number of amides is 1. The van der Waals surface area contributed by atoms with Crippen LogP contribution in [0, 0.1) is 19.7 Å². The molecule has 3 rings (SSSR count). The molecule has 24 heavy (non-hydrogen) atoms. The van der Waals surface area contributed by atoms with Gasteiger partial charge in [0.05, 0.1) is 0 Å². The SMILES string of the molecule is Cc1nc([C@@H](NC(=O)c2ccccc2C)c2ccccc2F)no1. The number of hydrogen-bond donors (Lipinski definition) is 1. The van der Waals surface area contributed by atoms with E-state index in [-0.39, 0.29) is 17.3 Å². The zero-order valence-electron chi connectivity index (χ0n) is 13.3. The van der Waals surface area contributed by atoms with Crippen LogP contribution in [0.2, 0.25) is 0 Å². The Morgan fingerprint density at radius 3 is 2.50 bits per heavy atom. The van der Waals surface area contributed by atoms with Crippen molar-refractivity contribution in [2.24, 2.45) is 0 Å². The number of carbonyl (C=O) groups excluding carboxylic acids is 1. The van der Waals surface area contributed by atoms with Crippen molar-refractivity contribution in [3.8, 4) is 0 Å². The lowest BCUT2D eigenvalue weighted by molar-refractivity contribution is 0.0940. The van der Waals surface area contributed by atoms with Crippen LogP contribution >= 0.6 is 0 Å². The van der Waals surface area contributed by atoms with Gasteiger partial charge in [-0.2, -0.15) is 4.98 Å². The Kier molecular flexibility index (Phi) is 4.37. The Balaban J connectivity index is 1.98. The third-order valence-corrected chi connectivity index (χ3v) is 3.68. The van der Waals surface area contributed by atoms with Crippen molar-refractivity contribution < 1.29 is 13.7 Å². The molecular formula is C18H16FN3O2. The first-order valence-corrected chi connectivity index (χ1v) is 7.47. The van der Waals surface area contributed by atoms with Crippen molar-refractivity contribution in [2.45, 2.75) is 19.9 Å². The number of carbonyl (C=O) groups is 1. The minimum absolute atomic E-state index is 0.208. The summed E-state index contributed by atoms with van der Waals surface area (Å²) >= 11 is 0. The van der Waals surface area contributed by atoms with Crippen LogP contribution in [-0.2, 0) is 0 Å². The summed E-state index contributed by atoms with van der Waals surface area (Å²) in [7, 11) is 0. The number of hydrogen-bond acceptors (Lipinski definition) is 4. The number of aromatic nitrogens is 2. The van der Waals surface area contributed by atoms with Crippen LogP contribution in [0.1, 0.15) is 39.2 Å². The first kappa shape index (κ1) is 15.9. The minimum Gasteiger partial charge on any atom is -0.340 e. The van der Waals surface area contributed by atoms with E-state index in [0.717, 1.165) is 5.56 Å². The van der Waals surface area contributed by atoms with Gasteiger partial charge < -0.3 is 9.84 Å². The number of nitrogens with one attached hydrogen (secondary N) is 1. The first-order valence-electron chi connectivity index (χ1n) is 7.47. The molecular weight excluding hydrogens is 309 g/mol. The second kappa shape index (κ2) is 6.62. The molecule has 2 aromatic carbocycles. The maximum atomic E-state index is 14.2. The maximum Gasteiger partial charge on any atom is 0.252 e. The molecule has 6 heteroatoms. The predicted molar refractivity (Wildman–Crippen MR) is 85.9 cm³/mol. The van der Waals surface area contributed by atoms with Gasteiger partial charge in [0.15, 0.2) is 5.82 Å². The van der Waals surface area contributed by atoms with E-state index in [1.54, 1.807) is 37.3 Å². The molecule has 3 aromatic rings. The van der Waals surface area contributed by atoms with E-state index in [0.29, 0.717) is 11.5 Å². The highest BCUT2D eigenvalue weighted by Crippen LogP contribution is 2.23. The molecule has 1 aromatic heterocycles. The van der Waals surface area contributed by atoms with Crippen molar-refractivity contribution in [1.82, 2.24) is 15.5 Å². The van der Waals surface area contributed by atoms with Gasteiger partial charge in [0, 0.05) is 18.1 Å². The van der Waals surface area contributed by atoms with E-state index < -0.39 is 11.9 Å². The molecule has 122 valence electrons. The number of halogens is 1. The number of benzene rings is 2. The summed E-state index contributed by atoms with van der Waals surface area (Å²) in [5, 5.41) is 6.63. The second-order valence-corrected chi connectivity index (χ2v) is 5.41. The first-order chi connectivity index (χ1) is 11.6. The lowest BCUT2D eigenvalue weighted by Gasteiger charge is -2.17. The van der Waals surface area contributed by atoms with E-state index in [9.17, 15) is 9.18 Å². The highest BCUT2D eigenvalue weighted by atomic mass is 19.1. The lowest BCUT2D eigenvalue weighted by atomic mass is 10.0. The highest BCUT2D eigenvalue weighted by Gasteiger charge is 2.25. The van der Waals surface area contributed by atoms with Crippen molar-refractivity contribution in [3.63, 3.8) is 0 Å². The fraction of sp³-hybridized carbons (Fsp3) is 0.167. The standard InChI is InChI=1S/C18H16FN3O2/c1-11-7-3-4-8-13(11)18(23)21-16(17-20-12(2)24-22-17)14-9-5-6-10-15(14)19/h3-10,16H,1-2H3,(H,21,23)/t16-/m0/s1. The predicted octanol–water partition coefficient (Wildman–Crippen LogP) is 3.34. The van der Waals surface area contributed by atoms with Crippen LogP contribution in [0.3, 0.4) is 0 Å². The van der Waals surface area contributed by atoms with Gasteiger partial charge in [-0.15, -0.1) is 0 Å². The van der Waals surface area contributed by atoms with Crippen molar-refractivity contribution in [3.05, 3.63) is 82.8 Å². The Bertz CT molecular complexity index is 876. The van der Waals surface area contributed by atoms with Gasteiger partial charge in [-0.1, -0.05) is 41.6 Å². The molecule has 1 amide bonds. The van der Waals surface area contributed by atoms with E-state index in [4.69, 9.17) is 4.52 Å². The normalized spacial score (nSPS) is 12.0. The highest BCUT2D eigenvalue weighted by molar-refractivity contribution is 5.96. The monoisotopic (exact) mass is 325 g/mol. The van der Waals surface area contributed by atoms with E-state index in [2.05, 4.69) is 15.5 Å². The summed E-state index contributed by atoms with van der Waals surface area (Å²) in [4.78, 5) is 16.8. The van der Waals surface area contributed by atoms with E-state index in [1.165, 1.54) is 6.07 Å².